The number of hydrogen-bond acceptors (Lipinski definition) is 3. The Balaban J connectivity index is 1.05. The number of benzene rings is 6. The standard InChI is InChI=1S/C47H31N3/c1-2-13-39-36(11-1)29-43(42-16-6-5-14-40(39)42)41-15-4-3-12-38(41)35-25-23-33(24-26-35)32-19-21-34(22-20-32)37-30-46(44-17-7-9-27-48-44)50-47(31-37)45-18-8-10-28-49-45/h1-31H. The maximum Gasteiger partial charge on any atom is 0.0900 e. The zero-order chi connectivity index (χ0) is 33.3. The third-order valence-corrected chi connectivity index (χ3v) is 9.41. The van der Waals surface area contributed by atoms with Gasteiger partial charge in [-0.3, -0.25) is 9.97 Å². The summed E-state index contributed by atoms with van der Waals surface area (Å²) in [5.74, 6) is 0. The largest absolute Gasteiger partial charge is 0.255 e. The molecule has 0 atom stereocenters. The predicted molar refractivity (Wildman–Crippen MR) is 207 cm³/mol. The SMILES string of the molecule is c1ccc(-c2cc(-c3ccc(-c4ccc(-c5ccccc5-c5cc6ccccc6c6ccccc56)cc4)cc3)cc(-c3ccccn3)n2)nc1. The fourth-order valence-corrected chi connectivity index (χ4v) is 6.93. The van der Waals surface area contributed by atoms with Gasteiger partial charge in [-0.1, -0.05) is 133 Å². The van der Waals surface area contributed by atoms with E-state index >= 15 is 0 Å². The first-order chi connectivity index (χ1) is 24.8. The van der Waals surface area contributed by atoms with Gasteiger partial charge in [-0.2, -0.15) is 0 Å². The lowest BCUT2D eigenvalue weighted by Crippen LogP contribution is -1.93. The first-order valence-electron chi connectivity index (χ1n) is 16.8. The summed E-state index contributed by atoms with van der Waals surface area (Å²) in [5, 5.41) is 5.08. The van der Waals surface area contributed by atoms with Gasteiger partial charge in [0, 0.05) is 12.4 Å². The third-order valence-electron chi connectivity index (χ3n) is 9.41. The highest BCUT2D eigenvalue weighted by Gasteiger charge is 2.14. The Morgan fingerprint density at radius 3 is 1.36 bits per heavy atom. The molecular weight excluding hydrogens is 607 g/mol. The zero-order valence-corrected chi connectivity index (χ0v) is 27.2. The van der Waals surface area contributed by atoms with Crippen molar-refractivity contribution in [2.45, 2.75) is 0 Å². The van der Waals surface area contributed by atoms with E-state index in [1.165, 1.54) is 49.4 Å². The monoisotopic (exact) mass is 637 g/mol. The number of rotatable bonds is 6. The van der Waals surface area contributed by atoms with Crippen LogP contribution in [0.1, 0.15) is 0 Å². The van der Waals surface area contributed by atoms with E-state index in [1.807, 2.05) is 36.4 Å². The number of pyridine rings is 3. The highest BCUT2D eigenvalue weighted by atomic mass is 14.8. The Hall–Kier alpha value is -6.71. The number of hydrogen-bond donors (Lipinski definition) is 0. The normalized spacial score (nSPS) is 11.2. The van der Waals surface area contributed by atoms with Gasteiger partial charge < -0.3 is 0 Å². The van der Waals surface area contributed by atoms with Gasteiger partial charge in [-0.05, 0) is 109 Å². The molecule has 0 N–H and O–H groups in total. The van der Waals surface area contributed by atoms with E-state index in [0.717, 1.165) is 39.5 Å². The summed E-state index contributed by atoms with van der Waals surface area (Å²) in [7, 11) is 0. The van der Waals surface area contributed by atoms with Crippen molar-refractivity contribution in [2.24, 2.45) is 0 Å². The molecule has 9 aromatic rings. The molecule has 0 amide bonds. The average molecular weight is 638 g/mol. The molecular formula is C47H31N3. The smallest absolute Gasteiger partial charge is 0.0900 e. The van der Waals surface area contributed by atoms with Crippen molar-refractivity contribution in [1.29, 1.82) is 0 Å². The molecule has 0 aliphatic heterocycles. The van der Waals surface area contributed by atoms with E-state index in [1.54, 1.807) is 12.4 Å². The second-order valence-electron chi connectivity index (χ2n) is 12.4. The van der Waals surface area contributed by atoms with Crippen molar-refractivity contribution >= 4 is 21.5 Å². The van der Waals surface area contributed by atoms with Crippen LogP contribution in [0.4, 0.5) is 0 Å². The van der Waals surface area contributed by atoms with Gasteiger partial charge >= 0.3 is 0 Å². The highest BCUT2D eigenvalue weighted by Crippen LogP contribution is 2.40. The Morgan fingerprint density at radius 1 is 0.280 bits per heavy atom. The summed E-state index contributed by atoms with van der Waals surface area (Å²) in [4.78, 5) is 14.1. The fourth-order valence-electron chi connectivity index (χ4n) is 6.93. The predicted octanol–water partition coefficient (Wildman–Crippen LogP) is 12.2. The molecule has 0 spiro atoms. The molecule has 3 aromatic heterocycles. The van der Waals surface area contributed by atoms with Crippen LogP contribution in [0, 0.1) is 0 Å². The molecule has 50 heavy (non-hydrogen) atoms. The Kier molecular flexibility index (Phi) is 7.49. The summed E-state index contributed by atoms with van der Waals surface area (Å²) in [5.41, 5.74) is 12.7. The van der Waals surface area contributed by atoms with Crippen LogP contribution in [-0.2, 0) is 0 Å². The summed E-state index contributed by atoms with van der Waals surface area (Å²) in [6.07, 6.45) is 3.60. The summed E-state index contributed by atoms with van der Waals surface area (Å²) >= 11 is 0. The van der Waals surface area contributed by atoms with Gasteiger partial charge in [0.25, 0.3) is 0 Å². The van der Waals surface area contributed by atoms with Crippen LogP contribution in [-0.4, -0.2) is 15.0 Å². The van der Waals surface area contributed by atoms with Crippen LogP contribution in [0.2, 0.25) is 0 Å². The van der Waals surface area contributed by atoms with Gasteiger partial charge in [0.05, 0.1) is 22.8 Å². The van der Waals surface area contributed by atoms with Crippen molar-refractivity contribution in [3.63, 3.8) is 0 Å². The summed E-state index contributed by atoms with van der Waals surface area (Å²) in [6.45, 7) is 0. The van der Waals surface area contributed by atoms with E-state index < -0.39 is 0 Å². The molecule has 3 heteroatoms. The molecule has 0 fully saturated rings. The van der Waals surface area contributed by atoms with E-state index in [9.17, 15) is 0 Å². The minimum absolute atomic E-state index is 0.820. The quantitative estimate of drug-likeness (QED) is 0.170. The number of aromatic nitrogens is 3. The molecule has 0 aliphatic carbocycles. The molecule has 0 saturated carbocycles. The molecule has 0 aliphatic rings. The molecule has 0 saturated heterocycles. The molecule has 9 rings (SSSR count). The topological polar surface area (TPSA) is 38.7 Å². The lowest BCUT2D eigenvalue weighted by atomic mass is 9.88. The van der Waals surface area contributed by atoms with Crippen LogP contribution in [0.15, 0.2) is 188 Å². The highest BCUT2D eigenvalue weighted by molar-refractivity contribution is 6.14. The van der Waals surface area contributed by atoms with Gasteiger partial charge in [0.2, 0.25) is 0 Å². The minimum atomic E-state index is 0.820. The molecule has 0 unspecified atom stereocenters. The van der Waals surface area contributed by atoms with Crippen molar-refractivity contribution in [3.05, 3.63) is 188 Å². The van der Waals surface area contributed by atoms with Gasteiger partial charge in [0.1, 0.15) is 0 Å². The third kappa shape index (κ3) is 5.51. The van der Waals surface area contributed by atoms with Crippen molar-refractivity contribution < 1.29 is 0 Å². The fraction of sp³-hybridized carbons (Fsp3) is 0. The second kappa shape index (κ2) is 12.7. The van der Waals surface area contributed by atoms with Crippen molar-refractivity contribution in [2.75, 3.05) is 0 Å². The van der Waals surface area contributed by atoms with Crippen LogP contribution >= 0.6 is 0 Å². The Bertz CT molecular complexity index is 2550. The van der Waals surface area contributed by atoms with Crippen molar-refractivity contribution in [1.82, 2.24) is 15.0 Å². The molecule has 3 heterocycles. The minimum Gasteiger partial charge on any atom is -0.255 e. The maximum absolute atomic E-state index is 4.93. The van der Waals surface area contributed by atoms with E-state index in [2.05, 4.69) is 149 Å². The molecule has 6 aromatic carbocycles. The lowest BCUT2D eigenvalue weighted by molar-refractivity contribution is 1.22. The first-order valence-corrected chi connectivity index (χ1v) is 16.8. The van der Waals surface area contributed by atoms with Crippen LogP contribution in [0.3, 0.4) is 0 Å². The Morgan fingerprint density at radius 2 is 0.760 bits per heavy atom. The molecule has 0 bridgehead atoms. The zero-order valence-electron chi connectivity index (χ0n) is 27.2. The van der Waals surface area contributed by atoms with Crippen LogP contribution in [0.5, 0.6) is 0 Å². The van der Waals surface area contributed by atoms with Crippen LogP contribution < -0.4 is 0 Å². The van der Waals surface area contributed by atoms with E-state index in [-0.39, 0.29) is 0 Å². The number of fused-ring (bicyclic) bond motifs is 3. The average Bonchev–Trinajstić information content (AvgIpc) is 3.21. The first kappa shape index (κ1) is 29.4. The summed E-state index contributed by atoms with van der Waals surface area (Å²) < 4.78 is 0. The molecule has 3 nitrogen and oxygen atoms in total. The molecule has 0 radical (unpaired) electrons. The lowest BCUT2D eigenvalue weighted by Gasteiger charge is -2.15. The molecule has 234 valence electrons. The van der Waals surface area contributed by atoms with Gasteiger partial charge in [0.15, 0.2) is 0 Å². The van der Waals surface area contributed by atoms with Crippen molar-refractivity contribution in [3.8, 4) is 67.3 Å². The van der Waals surface area contributed by atoms with E-state index in [4.69, 9.17) is 4.98 Å². The van der Waals surface area contributed by atoms with Gasteiger partial charge in [-0.25, -0.2) is 4.98 Å². The Labute approximate surface area is 291 Å². The maximum atomic E-state index is 4.93. The van der Waals surface area contributed by atoms with Crippen LogP contribution in [0.25, 0.3) is 88.8 Å². The van der Waals surface area contributed by atoms with Gasteiger partial charge in [-0.15, -0.1) is 0 Å². The van der Waals surface area contributed by atoms with E-state index in [0.29, 0.717) is 0 Å². The number of nitrogens with zero attached hydrogens (tertiary/aromatic N) is 3. The summed E-state index contributed by atoms with van der Waals surface area (Å²) in [6, 6.07) is 62.2. The second-order valence-corrected chi connectivity index (χ2v) is 12.4.